The van der Waals surface area contributed by atoms with E-state index in [0.717, 1.165) is 0 Å². The lowest BCUT2D eigenvalue weighted by Crippen LogP contribution is -2.32. The molecule has 0 rings (SSSR count). The Balaban J connectivity index is 3.98. The van der Waals surface area contributed by atoms with Crippen LogP contribution in [-0.4, -0.2) is 48.6 Å². The van der Waals surface area contributed by atoms with E-state index in [0.29, 0.717) is 25.6 Å². The first-order valence-corrected chi connectivity index (χ1v) is 9.77. The first-order valence-electron chi connectivity index (χ1n) is 6.88. The van der Waals surface area contributed by atoms with Crippen LogP contribution in [0.3, 0.4) is 0 Å². The summed E-state index contributed by atoms with van der Waals surface area (Å²) in [5.74, 6) is 0. The van der Waals surface area contributed by atoms with Crippen molar-refractivity contribution in [3.8, 4) is 0 Å². The van der Waals surface area contributed by atoms with Crippen LogP contribution in [0.4, 0.5) is 0 Å². The van der Waals surface area contributed by atoms with E-state index >= 15 is 0 Å². The summed E-state index contributed by atoms with van der Waals surface area (Å²) in [6.07, 6.45) is 1.75. The number of hydrogen-bond acceptors (Lipinski definition) is 6. The van der Waals surface area contributed by atoms with Crippen LogP contribution in [0.25, 0.3) is 0 Å². The quantitative estimate of drug-likeness (QED) is 0.461. The summed E-state index contributed by atoms with van der Waals surface area (Å²) in [6.45, 7) is 8.56. The van der Waals surface area contributed by atoms with Crippen LogP contribution in [0, 0.1) is 0 Å². The molecule has 0 aliphatic rings. The Morgan fingerprint density at radius 2 is 1.60 bits per heavy atom. The van der Waals surface area contributed by atoms with E-state index in [1.54, 1.807) is 0 Å². The van der Waals surface area contributed by atoms with Gasteiger partial charge in [-0.2, -0.15) is 0 Å². The normalized spacial score (nSPS) is 14.5. The first kappa shape index (κ1) is 20.5. The maximum Gasteiger partial charge on any atom is 0.330 e. The number of unbranched alkanes of at least 4 members (excludes halogenated alkanes) is 1. The molecule has 1 atom stereocenters. The standard InChI is InChI=1S/C12H29NO5P2/c1-11(2)13(12(3)4)19(14)18-9-7-8-10-20(15,16-5)17-6/h11-12,14H,7-10H2,1-6H3. The lowest BCUT2D eigenvalue weighted by molar-refractivity contribution is 0.210. The van der Waals surface area contributed by atoms with Crippen molar-refractivity contribution in [1.82, 2.24) is 4.67 Å². The highest BCUT2D eigenvalue weighted by Gasteiger charge is 2.24. The summed E-state index contributed by atoms with van der Waals surface area (Å²) in [6, 6.07) is 0.460. The minimum Gasteiger partial charge on any atom is -0.338 e. The molecule has 0 saturated heterocycles. The highest BCUT2D eigenvalue weighted by Crippen LogP contribution is 2.47. The van der Waals surface area contributed by atoms with E-state index in [-0.39, 0.29) is 12.1 Å². The average Bonchev–Trinajstić information content (AvgIpc) is 2.37. The van der Waals surface area contributed by atoms with Crippen LogP contribution in [0.2, 0.25) is 0 Å². The van der Waals surface area contributed by atoms with Gasteiger partial charge in [0.25, 0.3) is 8.53 Å². The Bertz CT molecular complexity index is 286. The minimum absolute atomic E-state index is 0.230. The molecular weight excluding hydrogens is 300 g/mol. The second kappa shape index (κ2) is 10.2. The topological polar surface area (TPSA) is 68.2 Å². The SMILES string of the molecule is COP(=O)(CCCCOP(O)N(C(C)C)C(C)C)OC. The van der Waals surface area contributed by atoms with Crippen LogP contribution in [0.1, 0.15) is 40.5 Å². The summed E-state index contributed by atoms with van der Waals surface area (Å²) in [5, 5.41) is 0. The lowest BCUT2D eigenvalue weighted by atomic mass is 10.3. The van der Waals surface area contributed by atoms with Crippen LogP contribution in [0.15, 0.2) is 0 Å². The fourth-order valence-corrected chi connectivity index (χ4v) is 4.21. The molecular formula is C12H29NO5P2. The van der Waals surface area contributed by atoms with Gasteiger partial charge in [0, 0.05) is 26.3 Å². The summed E-state index contributed by atoms with van der Waals surface area (Å²) >= 11 is 0. The van der Waals surface area contributed by atoms with Gasteiger partial charge in [0.2, 0.25) is 0 Å². The van der Waals surface area contributed by atoms with Crippen LogP contribution < -0.4 is 0 Å². The Kier molecular flexibility index (Phi) is 10.5. The molecule has 6 nitrogen and oxygen atoms in total. The van der Waals surface area contributed by atoms with Gasteiger partial charge >= 0.3 is 7.60 Å². The van der Waals surface area contributed by atoms with Crippen molar-refractivity contribution in [2.75, 3.05) is 27.0 Å². The molecule has 1 N–H and O–H groups in total. The van der Waals surface area contributed by atoms with E-state index in [9.17, 15) is 9.46 Å². The van der Waals surface area contributed by atoms with E-state index < -0.39 is 16.1 Å². The van der Waals surface area contributed by atoms with Crippen molar-refractivity contribution in [3.63, 3.8) is 0 Å². The predicted octanol–water partition coefficient (Wildman–Crippen LogP) is 3.61. The summed E-state index contributed by atoms with van der Waals surface area (Å²) in [5.41, 5.74) is 0. The maximum absolute atomic E-state index is 11.8. The van der Waals surface area contributed by atoms with Gasteiger partial charge in [-0.15, -0.1) is 0 Å². The Labute approximate surface area is 124 Å². The zero-order valence-electron chi connectivity index (χ0n) is 13.4. The zero-order chi connectivity index (χ0) is 15.8. The van der Waals surface area contributed by atoms with Crippen molar-refractivity contribution >= 4 is 16.1 Å². The molecule has 122 valence electrons. The van der Waals surface area contributed by atoms with Gasteiger partial charge in [-0.25, -0.2) is 4.67 Å². The first-order chi connectivity index (χ1) is 9.27. The molecule has 0 spiro atoms. The van der Waals surface area contributed by atoms with Gasteiger partial charge < -0.3 is 18.5 Å². The molecule has 0 saturated carbocycles. The summed E-state index contributed by atoms with van der Waals surface area (Å²) < 4.78 is 28.9. The van der Waals surface area contributed by atoms with Gasteiger partial charge in [0.05, 0.1) is 12.8 Å². The Hall–Kier alpha value is 0.460. The maximum atomic E-state index is 11.8. The molecule has 0 aliphatic heterocycles. The van der Waals surface area contributed by atoms with Crippen molar-refractivity contribution in [1.29, 1.82) is 0 Å². The third kappa shape index (κ3) is 7.46. The second-order valence-corrected chi connectivity index (χ2v) is 8.69. The van der Waals surface area contributed by atoms with Crippen molar-refractivity contribution in [2.24, 2.45) is 0 Å². The van der Waals surface area contributed by atoms with Gasteiger partial charge in [-0.3, -0.25) is 4.57 Å². The number of nitrogens with zero attached hydrogens (tertiary/aromatic N) is 1. The fraction of sp³-hybridized carbons (Fsp3) is 1.00. The number of hydrogen-bond donors (Lipinski definition) is 1. The minimum atomic E-state index is -2.92. The van der Waals surface area contributed by atoms with Crippen molar-refractivity contribution in [2.45, 2.75) is 52.6 Å². The van der Waals surface area contributed by atoms with Crippen LogP contribution >= 0.6 is 16.1 Å². The molecule has 0 fully saturated rings. The Morgan fingerprint density at radius 3 is 2.00 bits per heavy atom. The van der Waals surface area contributed by atoms with E-state index in [1.165, 1.54) is 14.2 Å². The smallest absolute Gasteiger partial charge is 0.330 e. The highest BCUT2D eigenvalue weighted by molar-refractivity contribution is 7.53. The monoisotopic (exact) mass is 329 g/mol. The van der Waals surface area contributed by atoms with Gasteiger partial charge in [-0.05, 0) is 40.5 Å². The van der Waals surface area contributed by atoms with Gasteiger partial charge in [0.1, 0.15) is 0 Å². The van der Waals surface area contributed by atoms with Crippen LogP contribution in [-0.2, 0) is 18.1 Å². The molecule has 0 heterocycles. The largest absolute Gasteiger partial charge is 0.338 e. The zero-order valence-corrected chi connectivity index (χ0v) is 15.2. The molecule has 0 bridgehead atoms. The molecule has 8 heteroatoms. The molecule has 20 heavy (non-hydrogen) atoms. The molecule has 0 radical (unpaired) electrons. The molecule has 0 aromatic rings. The fourth-order valence-electron chi connectivity index (χ4n) is 1.87. The molecule has 1 unspecified atom stereocenters. The van der Waals surface area contributed by atoms with Gasteiger partial charge in [0.15, 0.2) is 0 Å². The third-order valence-corrected chi connectivity index (χ3v) is 6.55. The lowest BCUT2D eigenvalue weighted by Gasteiger charge is -2.32. The van der Waals surface area contributed by atoms with E-state index in [2.05, 4.69) is 0 Å². The van der Waals surface area contributed by atoms with Crippen molar-refractivity contribution < 1.29 is 23.0 Å². The molecule has 0 aromatic heterocycles. The average molecular weight is 329 g/mol. The number of rotatable bonds is 11. The third-order valence-electron chi connectivity index (χ3n) is 2.85. The second-order valence-electron chi connectivity index (χ2n) is 5.06. The summed E-state index contributed by atoms with van der Waals surface area (Å²) in [4.78, 5) is 10.1. The van der Waals surface area contributed by atoms with Crippen molar-refractivity contribution in [3.05, 3.63) is 0 Å². The molecule has 0 aromatic carbocycles. The predicted molar refractivity (Wildman–Crippen MR) is 82.9 cm³/mol. The van der Waals surface area contributed by atoms with Crippen LogP contribution in [0.5, 0.6) is 0 Å². The Morgan fingerprint density at radius 1 is 1.10 bits per heavy atom. The highest BCUT2D eigenvalue weighted by atomic mass is 31.2. The van der Waals surface area contributed by atoms with E-state index in [4.69, 9.17) is 13.6 Å². The van der Waals surface area contributed by atoms with E-state index in [1.807, 2.05) is 32.4 Å². The molecule has 0 amide bonds. The molecule has 0 aliphatic carbocycles. The van der Waals surface area contributed by atoms with Gasteiger partial charge in [-0.1, -0.05) is 0 Å². The summed E-state index contributed by atoms with van der Waals surface area (Å²) in [7, 11) is -1.72.